The summed E-state index contributed by atoms with van der Waals surface area (Å²) in [6, 6.07) is 0. The Morgan fingerprint density at radius 3 is 2.62 bits per heavy atom. The summed E-state index contributed by atoms with van der Waals surface area (Å²) in [5.74, 6) is -0.188. The summed E-state index contributed by atoms with van der Waals surface area (Å²) in [6.07, 6.45) is -2.98. The molecule has 2 saturated heterocycles. The smallest absolute Gasteiger partial charge is 0.167 e. The summed E-state index contributed by atoms with van der Waals surface area (Å²) in [5, 5.41) is 28.8. The highest BCUT2D eigenvalue weighted by Gasteiger charge is 2.73. The summed E-state index contributed by atoms with van der Waals surface area (Å²) in [7, 11) is 0. The van der Waals surface area contributed by atoms with Crippen LogP contribution in [-0.4, -0.2) is 53.1 Å². The van der Waals surface area contributed by atoms with E-state index in [1.54, 1.807) is 0 Å². The third-order valence-electron chi connectivity index (χ3n) is 3.63. The summed E-state index contributed by atoms with van der Waals surface area (Å²) in [6.45, 7) is 0.672. The number of hydrogen-bond acceptors (Lipinski definition) is 5. The topological polar surface area (TPSA) is 79.2 Å². The number of hydrogen-bond donors (Lipinski definition) is 3. The summed E-state index contributed by atoms with van der Waals surface area (Å²) < 4.78 is 10.3. The molecule has 0 aromatic carbocycles. The largest absolute Gasteiger partial charge is 0.390 e. The average molecular weight is 188 g/mol. The highest BCUT2D eigenvalue weighted by molar-refractivity contribution is 5.16. The molecule has 2 aliphatic heterocycles. The van der Waals surface area contributed by atoms with E-state index in [1.807, 2.05) is 0 Å². The number of ether oxygens (including phenoxy) is 2. The van der Waals surface area contributed by atoms with E-state index in [0.29, 0.717) is 6.61 Å². The zero-order valence-corrected chi connectivity index (χ0v) is 6.96. The van der Waals surface area contributed by atoms with Gasteiger partial charge in [0.1, 0.15) is 0 Å². The Kier molecular flexibility index (Phi) is 1.40. The summed E-state index contributed by atoms with van der Waals surface area (Å²) >= 11 is 0. The van der Waals surface area contributed by atoms with Crippen molar-refractivity contribution in [1.29, 1.82) is 0 Å². The maximum atomic E-state index is 9.75. The predicted molar refractivity (Wildman–Crippen MR) is 39.6 cm³/mol. The van der Waals surface area contributed by atoms with Gasteiger partial charge in [-0.1, -0.05) is 0 Å². The van der Waals surface area contributed by atoms with Crippen LogP contribution >= 0.6 is 0 Å². The van der Waals surface area contributed by atoms with Gasteiger partial charge in [-0.3, -0.25) is 0 Å². The lowest BCUT2D eigenvalue weighted by Gasteiger charge is -2.53. The van der Waals surface area contributed by atoms with Gasteiger partial charge >= 0.3 is 0 Å². The van der Waals surface area contributed by atoms with Crippen molar-refractivity contribution in [2.75, 3.05) is 13.2 Å². The maximum absolute atomic E-state index is 9.75. The molecule has 3 N–H and O–H groups in total. The van der Waals surface area contributed by atoms with Gasteiger partial charge in [-0.05, 0) is 0 Å². The van der Waals surface area contributed by atoms with Crippen LogP contribution in [0.1, 0.15) is 0 Å². The summed E-state index contributed by atoms with van der Waals surface area (Å²) in [5.41, 5.74) is -0.762. The predicted octanol–water partition coefficient (Wildman–Crippen LogP) is -1.93. The van der Waals surface area contributed by atoms with Crippen LogP contribution in [0.15, 0.2) is 0 Å². The molecular weight excluding hydrogens is 176 g/mol. The molecule has 2 heterocycles. The molecule has 0 aromatic rings. The molecule has 0 spiro atoms. The van der Waals surface area contributed by atoms with E-state index in [9.17, 15) is 15.3 Å². The highest BCUT2D eigenvalue weighted by Crippen LogP contribution is 2.56. The third-order valence-corrected chi connectivity index (χ3v) is 3.63. The number of rotatable bonds is 0. The normalized spacial score (nSPS) is 64.4. The van der Waals surface area contributed by atoms with Crippen LogP contribution in [0, 0.1) is 11.3 Å². The van der Waals surface area contributed by atoms with Crippen molar-refractivity contribution in [2.45, 2.75) is 24.6 Å². The Hall–Kier alpha value is -0.200. The van der Waals surface area contributed by atoms with Crippen LogP contribution < -0.4 is 0 Å². The van der Waals surface area contributed by atoms with Gasteiger partial charge in [-0.2, -0.15) is 0 Å². The van der Waals surface area contributed by atoms with E-state index in [4.69, 9.17) is 9.47 Å². The first-order valence-corrected chi connectivity index (χ1v) is 4.45. The SMILES string of the molecule is OC1C2COCC3(C(O)OC23)C1O. The second-order valence-corrected chi connectivity index (χ2v) is 4.14. The van der Waals surface area contributed by atoms with Crippen molar-refractivity contribution in [3.8, 4) is 0 Å². The molecule has 3 fully saturated rings. The van der Waals surface area contributed by atoms with E-state index >= 15 is 0 Å². The molecule has 0 amide bonds. The van der Waals surface area contributed by atoms with E-state index in [2.05, 4.69) is 0 Å². The molecule has 6 atom stereocenters. The fraction of sp³-hybridized carbons (Fsp3) is 1.00. The monoisotopic (exact) mass is 188 g/mol. The molecule has 0 aromatic heterocycles. The fourth-order valence-electron chi connectivity index (χ4n) is 2.80. The lowest BCUT2D eigenvalue weighted by Crippen LogP contribution is -2.66. The Morgan fingerprint density at radius 2 is 2.00 bits per heavy atom. The van der Waals surface area contributed by atoms with Gasteiger partial charge in [0, 0.05) is 5.92 Å². The Bertz CT molecular complexity index is 241. The van der Waals surface area contributed by atoms with Crippen molar-refractivity contribution in [2.24, 2.45) is 11.3 Å². The highest BCUT2D eigenvalue weighted by atomic mass is 16.7. The van der Waals surface area contributed by atoms with E-state index in [0.717, 1.165) is 0 Å². The fourth-order valence-corrected chi connectivity index (χ4v) is 2.80. The standard InChI is InChI=1S/C8H12O5/c9-4-3-1-12-2-8(5(4)10)6(3)13-7(8)11/h3-7,9-11H,1-2H2. The third kappa shape index (κ3) is 0.681. The molecule has 74 valence electrons. The molecule has 3 rings (SSSR count). The molecule has 0 radical (unpaired) electrons. The van der Waals surface area contributed by atoms with Crippen LogP contribution in [-0.2, 0) is 9.47 Å². The minimum atomic E-state index is -0.993. The van der Waals surface area contributed by atoms with Crippen LogP contribution in [0.25, 0.3) is 0 Å². The number of aliphatic hydroxyl groups is 3. The molecule has 3 aliphatic rings. The van der Waals surface area contributed by atoms with Crippen LogP contribution in [0.5, 0.6) is 0 Å². The van der Waals surface area contributed by atoms with Gasteiger partial charge < -0.3 is 24.8 Å². The lowest BCUT2D eigenvalue weighted by molar-refractivity contribution is -0.375. The Labute approximate surface area is 74.9 Å². The van der Waals surface area contributed by atoms with Crippen molar-refractivity contribution in [3.05, 3.63) is 0 Å². The van der Waals surface area contributed by atoms with Gasteiger partial charge in [0.05, 0.1) is 36.9 Å². The molecular formula is C8H12O5. The second kappa shape index (κ2) is 2.24. The van der Waals surface area contributed by atoms with Crippen LogP contribution in [0.2, 0.25) is 0 Å². The maximum Gasteiger partial charge on any atom is 0.167 e. The quantitative estimate of drug-likeness (QED) is 0.412. The number of aliphatic hydroxyl groups excluding tert-OH is 3. The van der Waals surface area contributed by atoms with E-state index in [1.165, 1.54) is 0 Å². The molecule has 1 aliphatic carbocycles. The minimum absolute atomic E-state index is 0.188. The molecule has 2 bridgehead atoms. The van der Waals surface area contributed by atoms with Crippen molar-refractivity contribution >= 4 is 0 Å². The van der Waals surface area contributed by atoms with E-state index < -0.39 is 23.9 Å². The Morgan fingerprint density at radius 1 is 1.23 bits per heavy atom. The first-order valence-electron chi connectivity index (χ1n) is 4.45. The van der Waals surface area contributed by atoms with Crippen molar-refractivity contribution < 1.29 is 24.8 Å². The van der Waals surface area contributed by atoms with Gasteiger partial charge in [0.2, 0.25) is 0 Å². The minimum Gasteiger partial charge on any atom is -0.390 e. The van der Waals surface area contributed by atoms with Crippen LogP contribution in [0.4, 0.5) is 0 Å². The van der Waals surface area contributed by atoms with Crippen molar-refractivity contribution in [1.82, 2.24) is 0 Å². The average Bonchev–Trinajstić information content (AvgIpc) is 2.25. The molecule has 6 unspecified atom stereocenters. The van der Waals surface area contributed by atoms with Crippen molar-refractivity contribution in [3.63, 3.8) is 0 Å². The zero-order valence-electron chi connectivity index (χ0n) is 6.96. The first-order chi connectivity index (χ1) is 6.18. The summed E-state index contributed by atoms with van der Waals surface area (Å²) in [4.78, 5) is 0. The van der Waals surface area contributed by atoms with Gasteiger partial charge in [-0.15, -0.1) is 0 Å². The molecule has 5 nitrogen and oxygen atoms in total. The zero-order chi connectivity index (χ0) is 9.22. The van der Waals surface area contributed by atoms with Gasteiger partial charge in [0.15, 0.2) is 6.29 Å². The molecule has 1 saturated carbocycles. The van der Waals surface area contributed by atoms with Gasteiger partial charge in [0.25, 0.3) is 0 Å². The lowest BCUT2D eigenvalue weighted by atomic mass is 9.75. The molecule has 5 heteroatoms. The van der Waals surface area contributed by atoms with E-state index in [-0.39, 0.29) is 18.6 Å². The van der Waals surface area contributed by atoms with Crippen LogP contribution in [0.3, 0.4) is 0 Å². The second-order valence-electron chi connectivity index (χ2n) is 4.14. The van der Waals surface area contributed by atoms with Gasteiger partial charge in [-0.25, -0.2) is 0 Å². The molecule has 13 heavy (non-hydrogen) atoms. The first kappa shape index (κ1) is 8.14. The Balaban J connectivity index is 2.02.